The van der Waals surface area contributed by atoms with Crippen molar-refractivity contribution in [3.05, 3.63) is 30.3 Å². The molecule has 1 atom stereocenters. The Bertz CT molecular complexity index is 314. The summed E-state index contributed by atoms with van der Waals surface area (Å²) in [4.78, 5) is 11.2. The lowest BCUT2D eigenvalue weighted by molar-refractivity contribution is -0.120. The van der Waals surface area contributed by atoms with Crippen LogP contribution in [0.3, 0.4) is 0 Å². The zero-order valence-corrected chi connectivity index (χ0v) is 9.69. The minimum Gasteiger partial charge on any atom is -0.489 e. The van der Waals surface area contributed by atoms with Gasteiger partial charge in [-0.15, -0.1) is 0 Å². The highest BCUT2D eigenvalue weighted by atomic mass is 16.5. The summed E-state index contributed by atoms with van der Waals surface area (Å²) < 4.78 is 5.61. The van der Waals surface area contributed by atoms with Gasteiger partial charge in [-0.3, -0.25) is 4.79 Å². The number of carbonyl (C=O) groups is 1. The van der Waals surface area contributed by atoms with E-state index in [1.54, 1.807) is 7.05 Å². The molecule has 4 heteroatoms. The quantitative estimate of drug-likeness (QED) is 0.748. The summed E-state index contributed by atoms with van der Waals surface area (Å²) in [6, 6.07) is 9.56. The van der Waals surface area contributed by atoms with E-state index in [1.165, 1.54) is 0 Å². The Labute approximate surface area is 96.0 Å². The molecule has 1 rings (SSSR count). The van der Waals surface area contributed by atoms with Gasteiger partial charge in [0, 0.05) is 0 Å². The van der Waals surface area contributed by atoms with Crippen molar-refractivity contribution < 1.29 is 9.53 Å². The van der Waals surface area contributed by atoms with E-state index < -0.39 is 0 Å². The summed E-state index contributed by atoms with van der Waals surface area (Å²) in [5.74, 6) is 0.795. The molecule has 1 amide bonds. The standard InChI is InChI=1S/C12H18N2O2/c1-10(8-14-12(15)9-13-2)16-11-6-4-3-5-7-11/h3-7,10,13H,8-9H2,1-2H3,(H,14,15). The summed E-state index contributed by atoms with van der Waals surface area (Å²) in [6.07, 6.45) is -0.0387. The highest BCUT2D eigenvalue weighted by molar-refractivity contribution is 5.77. The molecule has 2 N–H and O–H groups in total. The average molecular weight is 222 g/mol. The van der Waals surface area contributed by atoms with Crippen molar-refractivity contribution >= 4 is 5.91 Å². The summed E-state index contributed by atoms with van der Waals surface area (Å²) in [5.41, 5.74) is 0. The van der Waals surface area contributed by atoms with Gasteiger partial charge in [-0.25, -0.2) is 0 Å². The Morgan fingerprint density at radius 1 is 1.38 bits per heavy atom. The number of carbonyl (C=O) groups excluding carboxylic acids is 1. The van der Waals surface area contributed by atoms with Gasteiger partial charge in [0.1, 0.15) is 11.9 Å². The monoisotopic (exact) mass is 222 g/mol. The third-order valence-corrected chi connectivity index (χ3v) is 2.00. The van der Waals surface area contributed by atoms with Gasteiger partial charge in [0.25, 0.3) is 0 Å². The number of hydrogen-bond donors (Lipinski definition) is 2. The Morgan fingerprint density at radius 3 is 2.69 bits per heavy atom. The minimum atomic E-state index is -0.0387. The molecule has 0 saturated heterocycles. The van der Waals surface area contributed by atoms with Crippen LogP contribution in [0.2, 0.25) is 0 Å². The number of para-hydroxylation sites is 1. The van der Waals surface area contributed by atoms with Gasteiger partial charge < -0.3 is 15.4 Å². The van der Waals surface area contributed by atoms with Gasteiger partial charge in [-0.1, -0.05) is 18.2 Å². The maximum absolute atomic E-state index is 11.2. The Kier molecular flexibility index (Phi) is 5.36. The van der Waals surface area contributed by atoms with E-state index in [9.17, 15) is 4.79 Å². The molecule has 1 aromatic rings. The topological polar surface area (TPSA) is 50.4 Å². The molecule has 0 fully saturated rings. The lowest BCUT2D eigenvalue weighted by atomic mass is 10.3. The van der Waals surface area contributed by atoms with Crippen molar-refractivity contribution in [1.29, 1.82) is 0 Å². The minimum absolute atomic E-state index is 0.0222. The lowest BCUT2D eigenvalue weighted by Crippen LogP contribution is -2.38. The maximum Gasteiger partial charge on any atom is 0.234 e. The number of amides is 1. The SMILES string of the molecule is CNCC(=O)NCC(C)Oc1ccccc1. The first-order chi connectivity index (χ1) is 7.72. The number of rotatable bonds is 6. The molecule has 1 aromatic carbocycles. The van der Waals surface area contributed by atoms with Gasteiger partial charge in [0.15, 0.2) is 0 Å². The highest BCUT2D eigenvalue weighted by Crippen LogP contribution is 2.10. The predicted octanol–water partition coefficient (Wildman–Crippen LogP) is 0.789. The van der Waals surface area contributed by atoms with Crippen LogP contribution in [0.4, 0.5) is 0 Å². The van der Waals surface area contributed by atoms with Crippen molar-refractivity contribution in [2.75, 3.05) is 20.1 Å². The van der Waals surface area contributed by atoms with Crippen LogP contribution in [-0.2, 0) is 4.79 Å². The molecule has 0 saturated carbocycles. The summed E-state index contributed by atoms with van der Waals surface area (Å²) in [6.45, 7) is 2.76. The first-order valence-electron chi connectivity index (χ1n) is 5.35. The van der Waals surface area contributed by atoms with Crippen LogP contribution < -0.4 is 15.4 Å². The molecule has 0 aliphatic heterocycles. The number of likely N-dealkylation sites (N-methyl/N-ethyl adjacent to an activating group) is 1. The molecular weight excluding hydrogens is 204 g/mol. The second-order valence-corrected chi connectivity index (χ2v) is 3.58. The van der Waals surface area contributed by atoms with Gasteiger partial charge in [0.2, 0.25) is 5.91 Å². The smallest absolute Gasteiger partial charge is 0.234 e. The third kappa shape index (κ3) is 4.79. The average Bonchev–Trinajstić information content (AvgIpc) is 2.28. The zero-order valence-electron chi connectivity index (χ0n) is 9.69. The fraction of sp³-hybridized carbons (Fsp3) is 0.417. The van der Waals surface area contributed by atoms with Crippen LogP contribution in [0.25, 0.3) is 0 Å². The largest absolute Gasteiger partial charge is 0.489 e. The number of benzene rings is 1. The fourth-order valence-electron chi connectivity index (χ4n) is 1.25. The number of ether oxygens (including phenoxy) is 1. The predicted molar refractivity (Wildman–Crippen MR) is 63.5 cm³/mol. The van der Waals surface area contributed by atoms with E-state index >= 15 is 0 Å². The first-order valence-corrected chi connectivity index (χ1v) is 5.35. The Balaban J connectivity index is 2.26. The van der Waals surface area contributed by atoms with Crippen molar-refractivity contribution in [3.63, 3.8) is 0 Å². The lowest BCUT2D eigenvalue weighted by Gasteiger charge is -2.15. The molecule has 0 bridgehead atoms. The summed E-state index contributed by atoms with van der Waals surface area (Å²) >= 11 is 0. The van der Waals surface area contributed by atoms with E-state index in [1.807, 2.05) is 37.3 Å². The van der Waals surface area contributed by atoms with Crippen LogP contribution in [-0.4, -0.2) is 32.1 Å². The first kappa shape index (κ1) is 12.5. The van der Waals surface area contributed by atoms with Gasteiger partial charge >= 0.3 is 0 Å². The number of hydrogen-bond acceptors (Lipinski definition) is 3. The molecular formula is C12H18N2O2. The van der Waals surface area contributed by atoms with Crippen LogP contribution in [0.5, 0.6) is 5.75 Å². The van der Waals surface area contributed by atoms with Crippen LogP contribution in [0.1, 0.15) is 6.92 Å². The van der Waals surface area contributed by atoms with Crippen molar-refractivity contribution in [2.45, 2.75) is 13.0 Å². The normalized spacial score (nSPS) is 11.9. The molecule has 1 unspecified atom stereocenters. The van der Waals surface area contributed by atoms with Crippen molar-refractivity contribution in [1.82, 2.24) is 10.6 Å². The molecule has 0 aliphatic rings. The molecule has 0 heterocycles. The van der Waals surface area contributed by atoms with E-state index in [0.717, 1.165) is 5.75 Å². The molecule has 0 aliphatic carbocycles. The highest BCUT2D eigenvalue weighted by Gasteiger charge is 2.05. The van der Waals surface area contributed by atoms with Crippen LogP contribution in [0.15, 0.2) is 30.3 Å². The van der Waals surface area contributed by atoms with E-state index in [4.69, 9.17) is 4.74 Å². The van der Waals surface area contributed by atoms with Crippen molar-refractivity contribution in [2.24, 2.45) is 0 Å². The second-order valence-electron chi connectivity index (χ2n) is 3.58. The summed E-state index contributed by atoms with van der Waals surface area (Å²) in [7, 11) is 1.74. The van der Waals surface area contributed by atoms with E-state index in [0.29, 0.717) is 13.1 Å². The second kappa shape index (κ2) is 6.85. The fourth-order valence-corrected chi connectivity index (χ4v) is 1.25. The van der Waals surface area contributed by atoms with Gasteiger partial charge in [0.05, 0.1) is 13.1 Å². The maximum atomic E-state index is 11.2. The molecule has 16 heavy (non-hydrogen) atoms. The number of nitrogens with one attached hydrogen (secondary N) is 2. The molecule has 0 aromatic heterocycles. The van der Waals surface area contributed by atoms with Gasteiger partial charge in [-0.2, -0.15) is 0 Å². The van der Waals surface area contributed by atoms with Crippen LogP contribution in [0, 0.1) is 0 Å². The van der Waals surface area contributed by atoms with E-state index in [-0.39, 0.29) is 12.0 Å². The molecule has 88 valence electrons. The molecule has 4 nitrogen and oxygen atoms in total. The summed E-state index contributed by atoms with van der Waals surface area (Å²) in [5, 5.41) is 5.57. The zero-order chi connectivity index (χ0) is 11.8. The van der Waals surface area contributed by atoms with Crippen molar-refractivity contribution in [3.8, 4) is 5.75 Å². The Morgan fingerprint density at radius 2 is 2.06 bits per heavy atom. The molecule has 0 radical (unpaired) electrons. The van der Waals surface area contributed by atoms with Gasteiger partial charge in [-0.05, 0) is 26.1 Å². The Hall–Kier alpha value is -1.55. The third-order valence-electron chi connectivity index (χ3n) is 2.00. The van der Waals surface area contributed by atoms with Crippen LogP contribution >= 0.6 is 0 Å². The molecule has 0 spiro atoms. The van der Waals surface area contributed by atoms with E-state index in [2.05, 4.69) is 10.6 Å².